The molecule has 4 aromatic rings. The molecule has 0 radical (unpaired) electrons. The summed E-state index contributed by atoms with van der Waals surface area (Å²) < 4.78 is 27.0. The number of hydrogen-bond acceptors (Lipinski definition) is 4. The topological polar surface area (TPSA) is 56.6 Å². The molecule has 0 aliphatic carbocycles. The molecule has 188 valence electrons. The standard InChI is InChI=1S/C29H32FN3O3/c1-19-20(2)32(17-21-8-7-9-24(16-21)35-6)27-25(19)14-15-31-26(27)18-33(28(34)36-29(3,4)5)23-12-10-22(30)11-13-23/h7-16H,17-18H2,1-6H3. The molecule has 4 rings (SSSR count). The number of carbonyl (C=O) groups excluding carboxylic acids is 1. The summed E-state index contributed by atoms with van der Waals surface area (Å²) in [6.07, 6.45) is 1.24. The molecule has 1 amide bonds. The van der Waals surface area contributed by atoms with E-state index in [0.29, 0.717) is 12.2 Å². The molecule has 0 fully saturated rings. The summed E-state index contributed by atoms with van der Waals surface area (Å²) in [5.41, 5.74) is 4.88. The largest absolute Gasteiger partial charge is 0.497 e. The number of aromatic nitrogens is 2. The number of anilines is 1. The van der Waals surface area contributed by atoms with E-state index in [1.165, 1.54) is 17.0 Å². The Hall–Kier alpha value is -3.87. The Kier molecular flexibility index (Phi) is 7.02. The van der Waals surface area contributed by atoms with Crippen molar-refractivity contribution in [2.24, 2.45) is 0 Å². The van der Waals surface area contributed by atoms with Crippen LogP contribution in [0, 0.1) is 19.7 Å². The molecule has 6 nitrogen and oxygen atoms in total. The van der Waals surface area contributed by atoms with Crippen LogP contribution in [0.4, 0.5) is 14.9 Å². The molecule has 2 aromatic heterocycles. The molecule has 2 aromatic carbocycles. The summed E-state index contributed by atoms with van der Waals surface area (Å²) in [6, 6.07) is 15.8. The maximum Gasteiger partial charge on any atom is 0.415 e. The zero-order valence-electron chi connectivity index (χ0n) is 21.6. The van der Waals surface area contributed by atoms with Gasteiger partial charge in [-0.15, -0.1) is 0 Å². The number of rotatable bonds is 6. The Balaban J connectivity index is 1.81. The summed E-state index contributed by atoms with van der Waals surface area (Å²) in [6.45, 7) is 10.4. The van der Waals surface area contributed by atoms with Gasteiger partial charge < -0.3 is 14.0 Å². The van der Waals surface area contributed by atoms with Crippen LogP contribution in [-0.2, 0) is 17.8 Å². The summed E-state index contributed by atoms with van der Waals surface area (Å²) in [7, 11) is 1.66. The van der Waals surface area contributed by atoms with E-state index in [1.807, 2.05) is 45.0 Å². The first-order valence-corrected chi connectivity index (χ1v) is 11.9. The molecule has 0 unspecified atom stereocenters. The van der Waals surface area contributed by atoms with Crippen LogP contribution in [-0.4, -0.2) is 28.4 Å². The normalized spacial score (nSPS) is 11.5. The Bertz CT molecular complexity index is 1390. The molecule has 0 spiro atoms. The van der Waals surface area contributed by atoms with Gasteiger partial charge in [-0.25, -0.2) is 9.18 Å². The van der Waals surface area contributed by atoms with Crippen molar-refractivity contribution in [2.75, 3.05) is 12.0 Å². The van der Waals surface area contributed by atoms with E-state index in [2.05, 4.69) is 24.5 Å². The summed E-state index contributed by atoms with van der Waals surface area (Å²) in [4.78, 5) is 19.5. The molecule has 0 saturated heterocycles. The average Bonchev–Trinajstić information content (AvgIpc) is 3.07. The maximum absolute atomic E-state index is 13.7. The van der Waals surface area contributed by atoms with Crippen molar-refractivity contribution in [1.29, 1.82) is 0 Å². The number of benzene rings is 2. The smallest absolute Gasteiger partial charge is 0.415 e. The molecule has 0 aliphatic heterocycles. The second kappa shape index (κ2) is 10.0. The first-order valence-electron chi connectivity index (χ1n) is 11.9. The molecule has 0 N–H and O–H groups in total. The van der Waals surface area contributed by atoms with Crippen LogP contribution in [0.2, 0.25) is 0 Å². The van der Waals surface area contributed by atoms with Crippen molar-refractivity contribution in [2.45, 2.75) is 53.3 Å². The number of fused-ring (bicyclic) bond motifs is 1. The van der Waals surface area contributed by atoms with Crippen molar-refractivity contribution in [1.82, 2.24) is 9.55 Å². The van der Waals surface area contributed by atoms with Gasteiger partial charge in [-0.1, -0.05) is 12.1 Å². The SMILES string of the molecule is COc1cccc(Cn2c(C)c(C)c3ccnc(CN(C(=O)OC(C)(C)C)c4ccc(F)cc4)c32)c1. The molecule has 0 bridgehead atoms. The van der Waals surface area contributed by atoms with E-state index in [9.17, 15) is 9.18 Å². The summed E-state index contributed by atoms with van der Waals surface area (Å²) in [5.74, 6) is 0.422. The Morgan fingerprint density at radius 1 is 1.08 bits per heavy atom. The van der Waals surface area contributed by atoms with Gasteiger partial charge in [0.2, 0.25) is 0 Å². The predicted molar refractivity (Wildman–Crippen MR) is 140 cm³/mol. The molecule has 0 aliphatic rings. The second-order valence-corrected chi connectivity index (χ2v) is 9.84. The van der Waals surface area contributed by atoms with Crippen LogP contribution < -0.4 is 9.64 Å². The number of nitrogens with zero attached hydrogens (tertiary/aromatic N) is 3. The van der Waals surface area contributed by atoms with Gasteiger partial charge in [-0.2, -0.15) is 0 Å². The summed E-state index contributed by atoms with van der Waals surface area (Å²) in [5, 5.41) is 1.07. The van der Waals surface area contributed by atoms with Gasteiger partial charge in [-0.05, 0) is 88.2 Å². The van der Waals surface area contributed by atoms with Gasteiger partial charge in [0.1, 0.15) is 17.2 Å². The fourth-order valence-corrected chi connectivity index (χ4v) is 4.28. The highest BCUT2D eigenvalue weighted by Crippen LogP contribution is 2.30. The Morgan fingerprint density at radius 2 is 1.81 bits per heavy atom. The molecule has 0 saturated carbocycles. The fraction of sp³-hybridized carbons (Fsp3) is 0.310. The zero-order valence-corrected chi connectivity index (χ0v) is 21.6. The van der Waals surface area contributed by atoms with E-state index in [-0.39, 0.29) is 12.4 Å². The number of amides is 1. The van der Waals surface area contributed by atoms with Crippen LogP contribution in [0.25, 0.3) is 10.9 Å². The molecule has 36 heavy (non-hydrogen) atoms. The van der Waals surface area contributed by atoms with Gasteiger partial charge in [0.15, 0.2) is 0 Å². The van der Waals surface area contributed by atoms with E-state index in [4.69, 9.17) is 14.5 Å². The molecule has 7 heteroatoms. The molecular weight excluding hydrogens is 457 g/mol. The highest BCUT2D eigenvalue weighted by atomic mass is 19.1. The van der Waals surface area contributed by atoms with Gasteiger partial charge >= 0.3 is 6.09 Å². The number of carbonyl (C=O) groups is 1. The van der Waals surface area contributed by atoms with E-state index >= 15 is 0 Å². The minimum Gasteiger partial charge on any atom is -0.497 e. The highest BCUT2D eigenvalue weighted by molar-refractivity contribution is 5.91. The highest BCUT2D eigenvalue weighted by Gasteiger charge is 2.26. The number of aryl methyl sites for hydroxylation is 1. The van der Waals surface area contributed by atoms with Gasteiger partial charge in [0.05, 0.1) is 24.9 Å². The molecule has 0 atom stereocenters. The van der Waals surface area contributed by atoms with E-state index < -0.39 is 11.7 Å². The van der Waals surface area contributed by atoms with Crippen LogP contribution >= 0.6 is 0 Å². The van der Waals surface area contributed by atoms with E-state index in [1.54, 1.807) is 25.4 Å². The van der Waals surface area contributed by atoms with Crippen molar-refractivity contribution < 1.29 is 18.7 Å². The number of hydrogen-bond donors (Lipinski definition) is 0. The van der Waals surface area contributed by atoms with Crippen LogP contribution in [0.5, 0.6) is 5.75 Å². The van der Waals surface area contributed by atoms with Crippen molar-refractivity contribution in [3.8, 4) is 5.75 Å². The van der Waals surface area contributed by atoms with Gasteiger partial charge in [-0.3, -0.25) is 9.88 Å². The Labute approximate surface area is 211 Å². The average molecular weight is 490 g/mol. The lowest BCUT2D eigenvalue weighted by molar-refractivity contribution is 0.0577. The quantitative estimate of drug-likeness (QED) is 0.299. The van der Waals surface area contributed by atoms with Gasteiger partial charge in [0.25, 0.3) is 0 Å². The predicted octanol–water partition coefficient (Wildman–Crippen LogP) is 6.79. The molecular formula is C29H32FN3O3. The van der Waals surface area contributed by atoms with Crippen LogP contribution in [0.3, 0.4) is 0 Å². The van der Waals surface area contributed by atoms with Crippen molar-refractivity contribution >= 4 is 22.7 Å². The van der Waals surface area contributed by atoms with Crippen molar-refractivity contribution in [3.63, 3.8) is 0 Å². The lowest BCUT2D eigenvalue weighted by Gasteiger charge is -2.27. The fourth-order valence-electron chi connectivity index (χ4n) is 4.28. The monoisotopic (exact) mass is 489 g/mol. The lowest BCUT2D eigenvalue weighted by Crippen LogP contribution is -2.36. The van der Waals surface area contributed by atoms with Gasteiger partial charge in [0, 0.05) is 29.5 Å². The first kappa shape index (κ1) is 25.2. The number of methoxy groups -OCH3 is 1. The number of pyridine rings is 1. The Morgan fingerprint density at radius 3 is 2.47 bits per heavy atom. The third-order valence-electron chi connectivity index (χ3n) is 6.16. The summed E-state index contributed by atoms with van der Waals surface area (Å²) >= 11 is 0. The maximum atomic E-state index is 13.7. The number of ether oxygens (including phenoxy) is 2. The first-order chi connectivity index (χ1) is 17.1. The van der Waals surface area contributed by atoms with E-state index in [0.717, 1.165) is 39.2 Å². The minimum absolute atomic E-state index is 0.166. The number of halogens is 1. The van der Waals surface area contributed by atoms with Crippen molar-refractivity contribution in [3.05, 3.63) is 89.1 Å². The zero-order chi connectivity index (χ0) is 26.0. The lowest BCUT2D eigenvalue weighted by atomic mass is 10.1. The third kappa shape index (κ3) is 5.35. The minimum atomic E-state index is -0.686. The third-order valence-corrected chi connectivity index (χ3v) is 6.16. The van der Waals surface area contributed by atoms with Crippen LogP contribution in [0.15, 0.2) is 60.8 Å². The second-order valence-electron chi connectivity index (χ2n) is 9.84. The molecule has 2 heterocycles. The van der Waals surface area contributed by atoms with Crippen LogP contribution in [0.1, 0.15) is 43.3 Å².